The van der Waals surface area contributed by atoms with Gasteiger partial charge in [0.2, 0.25) is 0 Å². The highest BCUT2D eigenvalue weighted by Gasteiger charge is 2.39. The van der Waals surface area contributed by atoms with Crippen molar-refractivity contribution < 1.29 is 0 Å². The lowest BCUT2D eigenvalue weighted by molar-refractivity contribution is 0.256. The molecular weight excluding hydrogens is 351 g/mol. The third kappa shape index (κ3) is 3.74. The second-order valence-electron chi connectivity index (χ2n) is 6.20. The van der Waals surface area contributed by atoms with Gasteiger partial charge in [0.1, 0.15) is 0 Å². The van der Waals surface area contributed by atoms with Crippen LogP contribution in [0.15, 0.2) is 4.99 Å². The van der Waals surface area contributed by atoms with E-state index in [0.29, 0.717) is 12.1 Å². The topological polar surface area (TPSA) is 39.7 Å². The molecule has 0 radical (unpaired) electrons. The van der Waals surface area contributed by atoms with Gasteiger partial charge in [-0.1, -0.05) is 0 Å². The van der Waals surface area contributed by atoms with Crippen LogP contribution in [0.25, 0.3) is 0 Å². The molecule has 0 spiro atoms. The van der Waals surface area contributed by atoms with Gasteiger partial charge in [-0.3, -0.25) is 9.89 Å². The van der Waals surface area contributed by atoms with Crippen LogP contribution in [-0.4, -0.2) is 48.6 Å². The highest BCUT2D eigenvalue weighted by atomic mass is 127. The van der Waals surface area contributed by atoms with Crippen molar-refractivity contribution in [1.82, 2.24) is 15.5 Å². The molecule has 2 atom stereocenters. The molecule has 3 rings (SSSR count). The Morgan fingerprint density at radius 2 is 1.79 bits per heavy atom. The minimum absolute atomic E-state index is 0. The summed E-state index contributed by atoms with van der Waals surface area (Å²) in [7, 11) is 1.88. The van der Waals surface area contributed by atoms with Gasteiger partial charge in [-0.25, -0.2) is 0 Å². The lowest BCUT2D eigenvalue weighted by atomic mass is 9.93. The van der Waals surface area contributed by atoms with E-state index >= 15 is 0 Å². The van der Waals surface area contributed by atoms with Gasteiger partial charge < -0.3 is 10.6 Å². The molecule has 2 N–H and O–H groups in total. The van der Waals surface area contributed by atoms with E-state index in [1.165, 1.54) is 45.1 Å². The maximum atomic E-state index is 4.36. The second-order valence-corrected chi connectivity index (χ2v) is 6.20. The molecule has 1 heterocycles. The van der Waals surface area contributed by atoms with E-state index in [1.807, 2.05) is 7.05 Å². The van der Waals surface area contributed by atoms with Crippen molar-refractivity contribution in [3.63, 3.8) is 0 Å². The number of nitrogens with zero attached hydrogens (tertiary/aromatic N) is 2. The SMILES string of the molecule is CN=C(NC1CCC1)NC1CC(C)N(C2CC2)C1.I. The van der Waals surface area contributed by atoms with Crippen molar-refractivity contribution in [2.75, 3.05) is 13.6 Å². The molecule has 2 aliphatic carbocycles. The predicted molar refractivity (Wildman–Crippen MR) is 90.3 cm³/mol. The first-order chi connectivity index (χ1) is 8.76. The zero-order valence-electron chi connectivity index (χ0n) is 12.1. The number of aliphatic imine (C=N–C) groups is 1. The molecule has 1 aliphatic heterocycles. The van der Waals surface area contributed by atoms with Crippen LogP contribution in [0.2, 0.25) is 0 Å². The number of rotatable bonds is 3. The van der Waals surface area contributed by atoms with Crippen LogP contribution >= 0.6 is 24.0 Å². The molecule has 0 bridgehead atoms. The summed E-state index contributed by atoms with van der Waals surface area (Å²) < 4.78 is 0. The summed E-state index contributed by atoms with van der Waals surface area (Å²) in [6, 6.07) is 2.85. The van der Waals surface area contributed by atoms with E-state index in [1.54, 1.807) is 0 Å². The third-order valence-corrected chi connectivity index (χ3v) is 4.65. The average Bonchev–Trinajstić information content (AvgIpc) is 3.07. The van der Waals surface area contributed by atoms with Gasteiger partial charge in [0.15, 0.2) is 5.96 Å². The summed E-state index contributed by atoms with van der Waals surface area (Å²) >= 11 is 0. The Balaban J connectivity index is 0.00000133. The van der Waals surface area contributed by atoms with Crippen LogP contribution in [0.5, 0.6) is 0 Å². The Labute approximate surface area is 133 Å². The smallest absolute Gasteiger partial charge is 0.191 e. The van der Waals surface area contributed by atoms with E-state index in [4.69, 9.17) is 0 Å². The maximum absolute atomic E-state index is 4.36. The largest absolute Gasteiger partial charge is 0.354 e. The fourth-order valence-electron chi connectivity index (χ4n) is 3.19. The molecule has 1 saturated heterocycles. The minimum Gasteiger partial charge on any atom is -0.354 e. The van der Waals surface area contributed by atoms with Crippen molar-refractivity contribution in [3.8, 4) is 0 Å². The van der Waals surface area contributed by atoms with Crippen molar-refractivity contribution in [2.24, 2.45) is 4.99 Å². The first-order valence-corrected chi connectivity index (χ1v) is 7.52. The third-order valence-electron chi connectivity index (χ3n) is 4.65. The zero-order valence-corrected chi connectivity index (χ0v) is 14.4. The maximum Gasteiger partial charge on any atom is 0.191 e. The molecule has 0 aromatic carbocycles. The van der Waals surface area contributed by atoms with Crippen LogP contribution in [0.1, 0.15) is 45.4 Å². The minimum atomic E-state index is 0. The fraction of sp³-hybridized carbons (Fsp3) is 0.929. The van der Waals surface area contributed by atoms with Crippen LogP contribution in [0.3, 0.4) is 0 Å². The van der Waals surface area contributed by atoms with Crippen molar-refractivity contribution in [3.05, 3.63) is 0 Å². The molecule has 19 heavy (non-hydrogen) atoms. The summed E-state index contributed by atoms with van der Waals surface area (Å²) in [5.41, 5.74) is 0. The van der Waals surface area contributed by atoms with Gasteiger partial charge in [0.25, 0.3) is 0 Å². The van der Waals surface area contributed by atoms with E-state index in [2.05, 4.69) is 27.4 Å². The number of hydrogen-bond acceptors (Lipinski definition) is 2. The lowest BCUT2D eigenvalue weighted by Crippen LogP contribution is -2.50. The summed E-state index contributed by atoms with van der Waals surface area (Å²) in [6.45, 7) is 3.55. The average molecular weight is 378 g/mol. The molecule has 4 nitrogen and oxygen atoms in total. The highest BCUT2D eigenvalue weighted by Crippen LogP contribution is 2.33. The van der Waals surface area contributed by atoms with Gasteiger partial charge in [0, 0.05) is 37.8 Å². The van der Waals surface area contributed by atoms with Gasteiger partial charge in [-0.2, -0.15) is 0 Å². The Hall–Kier alpha value is -0.0400. The van der Waals surface area contributed by atoms with Crippen LogP contribution in [-0.2, 0) is 0 Å². The molecule has 3 aliphatic rings. The molecule has 3 fully saturated rings. The quantitative estimate of drug-likeness (QED) is 0.448. The van der Waals surface area contributed by atoms with Gasteiger partial charge in [-0.15, -0.1) is 24.0 Å². The van der Waals surface area contributed by atoms with Crippen molar-refractivity contribution in [1.29, 1.82) is 0 Å². The van der Waals surface area contributed by atoms with Crippen LogP contribution in [0, 0.1) is 0 Å². The molecule has 2 saturated carbocycles. The van der Waals surface area contributed by atoms with E-state index < -0.39 is 0 Å². The lowest BCUT2D eigenvalue weighted by Gasteiger charge is -2.29. The van der Waals surface area contributed by atoms with Gasteiger partial charge >= 0.3 is 0 Å². The fourth-order valence-corrected chi connectivity index (χ4v) is 3.19. The molecule has 110 valence electrons. The molecule has 0 aromatic rings. The Morgan fingerprint density at radius 3 is 2.32 bits per heavy atom. The predicted octanol–water partition coefficient (Wildman–Crippen LogP) is 1.95. The molecule has 0 amide bonds. The number of hydrogen-bond donors (Lipinski definition) is 2. The molecular formula is C14H27IN4. The van der Waals surface area contributed by atoms with Crippen molar-refractivity contribution in [2.45, 2.75) is 69.6 Å². The molecule has 2 unspecified atom stereocenters. The Kier molecular flexibility index (Phi) is 5.34. The summed E-state index contributed by atoms with van der Waals surface area (Å²) in [6.07, 6.45) is 8.04. The number of nitrogens with one attached hydrogen (secondary N) is 2. The first kappa shape index (κ1) is 15.4. The summed E-state index contributed by atoms with van der Waals surface area (Å²) in [4.78, 5) is 7.03. The Bertz CT molecular complexity index is 325. The Morgan fingerprint density at radius 1 is 1.11 bits per heavy atom. The number of halogens is 1. The first-order valence-electron chi connectivity index (χ1n) is 7.52. The number of likely N-dealkylation sites (tertiary alicyclic amines) is 1. The van der Waals surface area contributed by atoms with Crippen molar-refractivity contribution >= 4 is 29.9 Å². The van der Waals surface area contributed by atoms with E-state index in [-0.39, 0.29) is 24.0 Å². The van der Waals surface area contributed by atoms with Crippen LogP contribution < -0.4 is 10.6 Å². The highest BCUT2D eigenvalue weighted by molar-refractivity contribution is 14.0. The van der Waals surface area contributed by atoms with E-state index in [0.717, 1.165) is 18.0 Å². The molecule has 5 heteroatoms. The molecule has 0 aromatic heterocycles. The van der Waals surface area contributed by atoms with Gasteiger partial charge in [-0.05, 0) is 45.4 Å². The summed E-state index contributed by atoms with van der Waals surface area (Å²) in [5.74, 6) is 1.01. The normalized spacial score (nSPS) is 32.6. The van der Waals surface area contributed by atoms with E-state index in [9.17, 15) is 0 Å². The second kappa shape index (κ2) is 6.61. The standard InChI is InChI=1S/C14H26N4.HI/c1-10-8-12(9-18(10)13-6-7-13)17-14(15-2)16-11-4-3-5-11;/h10-13H,3-9H2,1-2H3,(H2,15,16,17);1H. The van der Waals surface area contributed by atoms with Crippen LogP contribution in [0.4, 0.5) is 0 Å². The summed E-state index contributed by atoms with van der Waals surface area (Å²) in [5, 5.41) is 7.13. The number of guanidine groups is 1. The monoisotopic (exact) mass is 378 g/mol. The van der Waals surface area contributed by atoms with Gasteiger partial charge in [0.05, 0.1) is 0 Å². The zero-order chi connectivity index (χ0) is 12.5.